The Morgan fingerprint density at radius 2 is 1.87 bits per heavy atom. The van der Waals surface area contributed by atoms with Gasteiger partial charge in [0.05, 0.1) is 0 Å². The number of rotatable bonds is 4. The van der Waals surface area contributed by atoms with Gasteiger partial charge in [0, 0.05) is 36.3 Å². The van der Waals surface area contributed by atoms with E-state index in [-0.39, 0.29) is 18.0 Å². The minimum absolute atomic E-state index is 0.0931. The molecule has 0 unspecified atom stereocenters. The molecule has 1 aromatic heterocycles. The average molecular weight is 330 g/mol. The summed E-state index contributed by atoms with van der Waals surface area (Å²) in [5.74, 6) is 2.58. The highest BCUT2D eigenvalue weighted by atomic mass is 32.2. The van der Waals surface area contributed by atoms with E-state index in [1.807, 2.05) is 30.0 Å². The topological polar surface area (TPSA) is 67.2 Å². The third-order valence-corrected chi connectivity index (χ3v) is 4.48. The standard InChI is InChI=1S/C16H18N4O2S/c21-15(17-13-4-2-1-3-5-13)12-20-16(22)7-6-14(18-20)19-8-10-23-11-9-19/h1-7H,8-12H2,(H,17,21). The first kappa shape index (κ1) is 15.6. The summed E-state index contributed by atoms with van der Waals surface area (Å²) < 4.78 is 1.22. The lowest BCUT2D eigenvalue weighted by Crippen LogP contribution is -2.36. The van der Waals surface area contributed by atoms with Crippen molar-refractivity contribution in [1.82, 2.24) is 9.78 Å². The van der Waals surface area contributed by atoms with Crippen molar-refractivity contribution in [3.63, 3.8) is 0 Å². The SMILES string of the molecule is O=C(Cn1nc(N2CCSCC2)ccc1=O)Nc1ccccc1. The Labute approximate surface area is 138 Å². The third kappa shape index (κ3) is 4.13. The van der Waals surface area contributed by atoms with Crippen molar-refractivity contribution >= 4 is 29.2 Å². The van der Waals surface area contributed by atoms with Crippen molar-refractivity contribution in [3.8, 4) is 0 Å². The molecule has 6 nitrogen and oxygen atoms in total. The molecule has 0 spiro atoms. The van der Waals surface area contributed by atoms with Crippen LogP contribution in [0.25, 0.3) is 0 Å². The van der Waals surface area contributed by atoms with Crippen molar-refractivity contribution in [1.29, 1.82) is 0 Å². The second-order valence-electron chi connectivity index (χ2n) is 5.20. The Morgan fingerprint density at radius 3 is 2.61 bits per heavy atom. The molecule has 1 N–H and O–H groups in total. The van der Waals surface area contributed by atoms with E-state index in [4.69, 9.17) is 0 Å². The summed E-state index contributed by atoms with van der Waals surface area (Å²) in [6.45, 7) is 1.72. The fraction of sp³-hybridized carbons (Fsp3) is 0.312. The lowest BCUT2D eigenvalue weighted by Gasteiger charge is -2.27. The number of amides is 1. The molecule has 1 aliphatic heterocycles. The highest BCUT2D eigenvalue weighted by molar-refractivity contribution is 7.99. The number of hydrogen-bond donors (Lipinski definition) is 1. The van der Waals surface area contributed by atoms with Gasteiger partial charge in [-0.3, -0.25) is 9.59 Å². The van der Waals surface area contributed by atoms with Gasteiger partial charge in [0.25, 0.3) is 5.56 Å². The zero-order valence-electron chi connectivity index (χ0n) is 12.6. The summed E-state index contributed by atoms with van der Waals surface area (Å²) in [6, 6.07) is 12.4. The molecule has 7 heteroatoms. The summed E-state index contributed by atoms with van der Waals surface area (Å²) in [5.41, 5.74) is 0.429. The van der Waals surface area contributed by atoms with Crippen LogP contribution in [0, 0.1) is 0 Å². The van der Waals surface area contributed by atoms with E-state index in [1.165, 1.54) is 10.7 Å². The number of para-hydroxylation sites is 1. The molecule has 0 bridgehead atoms. The van der Waals surface area contributed by atoms with Crippen LogP contribution in [0.15, 0.2) is 47.3 Å². The summed E-state index contributed by atoms with van der Waals surface area (Å²) in [7, 11) is 0. The van der Waals surface area contributed by atoms with Gasteiger partial charge in [0.2, 0.25) is 5.91 Å². The number of hydrogen-bond acceptors (Lipinski definition) is 5. The van der Waals surface area contributed by atoms with Crippen LogP contribution in [0.1, 0.15) is 0 Å². The number of carbonyl (C=O) groups is 1. The molecule has 3 rings (SSSR count). The summed E-state index contributed by atoms with van der Waals surface area (Å²) in [4.78, 5) is 26.2. The number of aromatic nitrogens is 2. The Balaban J connectivity index is 1.71. The zero-order valence-corrected chi connectivity index (χ0v) is 13.5. The van der Waals surface area contributed by atoms with Crippen molar-refractivity contribution in [2.45, 2.75) is 6.54 Å². The lowest BCUT2D eigenvalue weighted by molar-refractivity contribution is -0.117. The largest absolute Gasteiger partial charge is 0.354 e. The van der Waals surface area contributed by atoms with Gasteiger partial charge in [0.15, 0.2) is 0 Å². The Kier molecular flexibility index (Phi) is 4.97. The molecule has 0 saturated carbocycles. The summed E-state index contributed by atoms with van der Waals surface area (Å²) in [6.07, 6.45) is 0. The van der Waals surface area contributed by atoms with E-state index in [0.717, 1.165) is 30.4 Å². The summed E-state index contributed by atoms with van der Waals surface area (Å²) in [5, 5.41) is 7.10. The second kappa shape index (κ2) is 7.32. The van der Waals surface area contributed by atoms with Gasteiger partial charge in [-0.1, -0.05) is 18.2 Å². The Hall–Kier alpha value is -2.28. The molecule has 23 heavy (non-hydrogen) atoms. The number of nitrogens with one attached hydrogen (secondary N) is 1. The predicted octanol–water partition coefficient (Wildman–Crippen LogP) is 1.44. The van der Waals surface area contributed by atoms with Crippen LogP contribution in [0.3, 0.4) is 0 Å². The van der Waals surface area contributed by atoms with E-state index < -0.39 is 0 Å². The molecular formula is C16H18N4O2S. The second-order valence-corrected chi connectivity index (χ2v) is 6.43. The molecule has 2 heterocycles. The lowest BCUT2D eigenvalue weighted by atomic mass is 10.3. The van der Waals surface area contributed by atoms with Crippen LogP contribution < -0.4 is 15.8 Å². The number of thioether (sulfide) groups is 1. The fourth-order valence-corrected chi connectivity index (χ4v) is 3.27. The van der Waals surface area contributed by atoms with Crippen LogP contribution in [0.2, 0.25) is 0 Å². The van der Waals surface area contributed by atoms with Gasteiger partial charge in [-0.25, -0.2) is 4.68 Å². The first-order chi connectivity index (χ1) is 11.2. The van der Waals surface area contributed by atoms with Gasteiger partial charge in [-0.15, -0.1) is 0 Å². The molecule has 1 aromatic carbocycles. The summed E-state index contributed by atoms with van der Waals surface area (Å²) >= 11 is 1.91. The monoisotopic (exact) mass is 330 g/mol. The Bertz CT molecular complexity index is 726. The number of anilines is 2. The number of nitrogens with zero attached hydrogens (tertiary/aromatic N) is 3. The van der Waals surface area contributed by atoms with E-state index in [1.54, 1.807) is 18.2 Å². The van der Waals surface area contributed by atoms with Crippen molar-refractivity contribution in [3.05, 3.63) is 52.8 Å². The third-order valence-electron chi connectivity index (χ3n) is 3.54. The van der Waals surface area contributed by atoms with Crippen LogP contribution in [-0.2, 0) is 11.3 Å². The minimum atomic E-state index is -0.275. The molecule has 0 atom stereocenters. The molecular weight excluding hydrogens is 312 g/mol. The van der Waals surface area contributed by atoms with E-state index in [9.17, 15) is 9.59 Å². The van der Waals surface area contributed by atoms with Gasteiger partial charge in [0.1, 0.15) is 12.4 Å². The highest BCUT2D eigenvalue weighted by Crippen LogP contribution is 2.15. The van der Waals surface area contributed by atoms with Gasteiger partial charge in [-0.2, -0.15) is 16.9 Å². The maximum absolute atomic E-state index is 12.1. The minimum Gasteiger partial charge on any atom is -0.354 e. The first-order valence-corrected chi connectivity index (χ1v) is 8.63. The number of benzene rings is 1. The molecule has 2 aromatic rings. The van der Waals surface area contributed by atoms with E-state index >= 15 is 0 Å². The normalized spacial score (nSPS) is 14.5. The van der Waals surface area contributed by atoms with E-state index in [0.29, 0.717) is 5.69 Å². The van der Waals surface area contributed by atoms with Crippen LogP contribution in [-0.4, -0.2) is 40.3 Å². The van der Waals surface area contributed by atoms with Gasteiger partial charge < -0.3 is 10.2 Å². The smallest absolute Gasteiger partial charge is 0.267 e. The zero-order chi connectivity index (χ0) is 16.1. The first-order valence-electron chi connectivity index (χ1n) is 7.48. The Morgan fingerprint density at radius 1 is 1.13 bits per heavy atom. The van der Waals surface area contributed by atoms with Gasteiger partial charge in [-0.05, 0) is 18.2 Å². The van der Waals surface area contributed by atoms with Crippen LogP contribution in [0.4, 0.5) is 11.5 Å². The molecule has 1 fully saturated rings. The van der Waals surface area contributed by atoms with Crippen molar-refractivity contribution in [2.24, 2.45) is 0 Å². The average Bonchev–Trinajstić information content (AvgIpc) is 2.58. The molecule has 120 valence electrons. The number of carbonyl (C=O) groups excluding carboxylic acids is 1. The van der Waals surface area contributed by atoms with Gasteiger partial charge >= 0.3 is 0 Å². The molecule has 1 aliphatic rings. The van der Waals surface area contributed by atoms with Crippen molar-refractivity contribution < 1.29 is 4.79 Å². The molecule has 1 saturated heterocycles. The highest BCUT2D eigenvalue weighted by Gasteiger charge is 2.14. The van der Waals surface area contributed by atoms with Crippen LogP contribution in [0.5, 0.6) is 0 Å². The molecule has 1 amide bonds. The van der Waals surface area contributed by atoms with Crippen molar-refractivity contribution in [2.75, 3.05) is 34.8 Å². The van der Waals surface area contributed by atoms with E-state index in [2.05, 4.69) is 15.3 Å². The quantitative estimate of drug-likeness (QED) is 0.919. The maximum atomic E-state index is 12.1. The molecule has 0 radical (unpaired) electrons. The fourth-order valence-electron chi connectivity index (χ4n) is 2.37. The van der Waals surface area contributed by atoms with Crippen LogP contribution >= 0.6 is 11.8 Å². The predicted molar refractivity (Wildman–Crippen MR) is 93.1 cm³/mol. The molecule has 0 aliphatic carbocycles. The maximum Gasteiger partial charge on any atom is 0.267 e.